The maximum Gasteiger partial charge on any atom is 0.247 e. The van der Waals surface area contributed by atoms with Crippen LogP contribution in [-0.4, -0.2) is 56.9 Å². The molecular formula is C13H20BrN3O3S. The molecule has 0 amide bonds. The van der Waals surface area contributed by atoms with Gasteiger partial charge in [-0.1, -0.05) is 0 Å². The van der Waals surface area contributed by atoms with Gasteiger partial charge in [-0.05, 0) is 35.8 Å². The lowest BCUT2D eigenvalue weighted by molar-refractivity contribution is 0.222. The van der Waals surface area contributed by atoms with E-state index in [0.717, 1.165) is 13.1 Å². The van der Waals surface area contributed by atoms with Gasteiger partial charge >= 0.3 is 0 Å². The number of likely N-dealkylation sites (N-methyl/N-ethyl adjacent to an activating group) is 1. The van der Waals surface area contributed by atoms with Gasteiger partial charge < -0.3 is 14.6 Å². The Morgan fingerprint density at radius 1 is 1.33 bits per heavy atom. The second-order valence-corrected chi connectivity index (χ2v) is 8.34. The number of hydrogen-bond acceptors (Lipinski definition) is 5. The molecule has 1 aliphatic heterocycles. The molecule has 2 fully saturated rings. The minimum Gasteiger partial charge on any atom is -0.452 e. The van der Waals surface area contributed by atoms with Crippen molar-refractivity contribution in [1.82, 2.24) is 14.5 Å². The summed E-state index contributed by atoms with van der Waals surface area (Å²) in [4.78, 5) is 2.36. The van der Waals surface area contributed by atoms with Gasteiger partial charge in [-0.25, -0.2) is 8.42 Å². The number of halogens is 1. The predicted molar refractivity (Wildman–Crippen MR) is 82.5 cm³/mol. The summed E-state index contributed by atoms with van der Waals surface area (Å²) in [5, 5.41) is 3.32. The molecule has 6 nitrogen and oxygen atoms in total. The van der Waals surface area contributed by atoms with Crippen molar-refractivity contribution in [3.05, 3.63) is 16.5 Å². The molecule has 2 heterocycles. The third kappa shape index (κ3) is 3.50. The summed E-state index contributed by atoms with van der Waals surface area (Å²) in [5.41, 5.74) is 0. The van der Waals surface area contributed by atoms with E-state index in [-0.39, 0.29) is 4.90 Å². The van der Waals surface area contributed by atoms with Crippen LogP contribution in [0.4, 0.5) is 0 Å². The molecule has 0 atom stereocenters. The second kappa shape index (κ2) is 6.00. The summed E-state index contributed by atoms with van der Waals surface area (Å²) in [5.74, 6) is 0.654. The molecule has 8 heteroatoms. The first-order valence-electron chi connectivity index (χ1n) is 7.17. The van der Waals surface area contributed by atoms with Crippen LogP contribution in [0.15, 0.2) is 20.0 Å². The first-order chi connectivity index (χ1) is 9.96. The van der Waals surface area contributed by atoms with Crippen molar-refractivity contribution in [2.45, 2.75) is 30.3 Å². The molecule has 1 N–H and O–H groups in total. The van der Waals surface area contributed by atoms with E-state index in [4.69, 9.17) is 4.42 Å². The fraction of sp³-hybridized carbons (Fsp3) is 0.692. The third-order valence-electron chi connectivity index (χ3n) is 3.93. The van der Waals surface area contributed by atoms with Gasteiger partial charge in [0.25, 0.3) is 0 Å². The van der Waals surface area contributed by atoms with Crippen LogP contribution < -0.4 is 5.32 Å². The van der Waals surface area contributed by atoms with Crippen LogP contribution in [0, 0.1) is 0 Å². The summed E-state index contributed by atoms with van der Waals surface area (Å²) in [7, 11) is -1.48. The summed E-state index contributed by atoms with van der Waals surface area (Å²) in [6.45, 7) is 3.12. The standard InChI is InChI=1S/C13H20BrN3O3S/c1-16-4-6-17(7-5-16)21(18,19)12-8-11(20-13(12)14)9-15-10-2-3-10/h8,10,15H,2-7,9H2,1H3. The van der Waals surface area contributed by atoms with E-state index < -0.39 is 10.0 Å². The van der Waals surface area contributed by atoms with Gasteiger partial charge in [0.2, 0.25) is 10.0 Å². The Bertz CT molecular complexity index is 604. The van der Waals surface area contributed by atoms with Gasteiger partial charge in [-0.15, -0.1) is 0 Å². The van der Waals surface area contributed by atoms with Gasteiger partial charge in [-0.3, -0.25) is 0 Å². The van der Waals surface area contributed by atoms with Crippen molar-refractivity contribution < 1.29 is 12.8 Å². The average molecular weight is 378 g/mol. The number of piperazine rings is 1. The monoisotopic (exact) mass is 377 g/mol. The molecule has 0 bridgehead atoms. The lowest BCUT2D eigenvalue weighted by atomic mass is 10.4. The molecule has 1 saturated carbocycles. The molecule has 118 valence electrons. The van der Waals surface area contributed by atoms with Crippen molar-refractivity contribution in [1.29, 1.82) is 0 Å². The van der Waals surface area contributed by atoms with Crippen LogP contribution in [0.1, 0.15) is 18.6 Å². The molecule has 3 rings (SSSR count). The highest BCUT2D eigenvalue weighted by atomic mass is 79.9. The summed E-state index contributed by atoms with van der Waals surface area (Å²) >= 11 is 3.24. The number of sulfonamides is 1. The molecule has 21 heavy (non-hydrogen) atoms. The van der Waals surface area contributed by atoms with Gasteiger partial charge in [-0.2, -0.15) is 4.31 Å². The molecular weight excluding hydrogens is 358 g/mol. The zero-order valence-corrected chi connectivity index (χ0v) is 14.4. The molecule has 0 spiro atoms. The van der Waals surface area contributed by atoms with Gasteiger partial charge in [0.15, 0.2) is 4.67 Å². The van der Waals surface area contributed by atoms with Crippen LogP contribution in [0.5, 0.6) is 0 Å². The summed E-state index contributed by atoms with van der Waals surface area (Å²) in [6.07, 6.45) is 2.38. The lowest BCUT2D eigenvalue weighted by Crippen LogP contribution is -2.47. The van der Waals surface area contributed by atoms with Crippen LogP contribution >= 0.6 is 15.9 Å². The Labute approximate surface area is 133 Å². The minimum atomic E-state index is -3.48. The van der Waals surface area contributed by atoms with Gasteiger partial charge in [0.1, 0.15) is 10.7 Å². The van der Waals surface area contributed by atoms with Crippen molar-refractivity contribution in [2.24, 2.45) is 0 Å². The Morgan fingerprint density at radius 2 is 2.00 bits per heavy atom. The van der Waals surface area contributed by atoms with Crippen LogP contribution in [0.2, 0.25) is 0 Å². The third-order valence-corrected chi connectivity index (χ3v) is 6.68. The topological polar surface area (TPSA) is 65.8 Å². The van der Waals surface area contributed by atoms with E-state index in [1.807, 2.05) is 7.05 Å². The van der Waals surface area contributed by atoms with Gasteiger partial charge in [0, 0.05) is 38.3 Å². The highest BCUT2D eigenvalue weighted by molar-refractivity contribution is 9.10. The van der Waals surface area contributed by atoms with E-state index in [0.29, 0.717) is 36.1 Å². The van der Waals surface area contributed by atoms with Crippen LogP contribution in [0.25, 0.3) is 0 Å². The Kier molecular flexibility index (Phi) is 4.42. The van der Waals surface area contributed by atoms with E-state index in [9.17, 15) is 8.42 Å². The van der Waals surface area contributed by atoms with Crippen molar-refractivity contribution >= 4 is 26.0 Å². The smallest absolute Gasteiger partial charge is 0.247 e. The minimum absolute atomic E-state index is 0.236. The Hall–Kier alpha value is -0.410. The predicted octanol–water partition coefficient (Wildman–Crippen LogP) is 1.23. The summed E-state index contributed by atoms with van der Waals surface area (Å²) < 4.78 is 32.7. The number of furan rings is 1. The average Bonchev–Trinajstić information content (AvgIpc) is 3.19. The SMILES string of the molecule is CN1CCN(S(=O)(=O)c2cc(CNC3CC3)oc2Br)CC1. The second-order valence-electron chi connectivity index (χ2n) is 5.71. The molecule has 1 aromatic heterocycles. The van der Waals surface area contributed by atoms with E-state index in [1.54, 1.807) is 6.07 Å². The van der Waals surface area contributed by atoms with Gasteiger partial charge in [0.05, 0.1) is 6.54 Å². The zero-order chi connectivity index (χ0) is 15.0. The molecule has 1 aliphatic carbocycles. The molecule has 0 radical (unpaired) electrons. The molecule has 1 aromatic rings. The first kappa shape index (κ1) is 15.5. The van der Waals surface area contributed by atoms with E-state index in [2.05, 4.69) is 26.1 Å². The number of rotatable bonds is 5. The van der Waals surface area contributed by atoms with E-state index >= 15 is 0 Å². The highest BCUT2D eigenvalue weighted by Crippen LogP contribution is 2.30. The first-order valence-corrected chi connectivity index (χ1v) is 9.40. The maximum absolute atomic E-state index is 12.7. The molecule has 1 saturated heterocycles. The maximum atomic E-state index is 12.7. The van der Waals surface area contributed by atoms with Crippen LogP contribution in [-0.2, 0) is 16.6 Å². The number of nitrogens with zero attached hydrogens (tertiary/aromatic N) is 2. The summed E-state index contributed by atoms with van der Waals surface area (Å²) in [6, 6.07) is 2.19. The highest BCUT2D eigenvalue weighted by Gasteiger charge is 2.31. The van der Waals surface area contributed by atoms with Crippen molar-refractivity contribution in [2.75, 3.05) is 33.2 Å². The van der Waals surface area contributed by atoms with Crippen molar-refractivity contribution in [3.63, 3.8) is 0 Å². The lowest BCUT2D eigenvalue weighted by Gasteiger charge is -2.31. The molecule has 0 unspecified atom stereocenters. The Balaban J connectivity index is 1.74. The zero-order valence-electron chi connectivity index (χ0n) is 12.0. The Morgan fingerprint density at radius 3 is 2.62 bits per heavy atom. The largest absolute Gasteiger partial charge is 0.452 e. The molecule has 2 aliphatic rings. The fourth-order valence-electron chi connectivity index (χ4n) is 2.36. The van der Waals surface area contributed by atoms with Crippen molar-refractivity contribution in [3.8, 4) is 0 Å². The quantitative estimate of drug-likeness (QED) is 0.835. The fourth-order valence-corrected chi connectivity index (χ4v) is 4.74. The van der Waals surface area contributed by atoms with Crippen LogP contribution in [0.3, 0.4) is 0 Å². The molecule has 0 aromatic carbocycles. The number of hydrogen-bond donors (Lipinski definition) is 1. The van der Waals surface area contributed by atoms with E-state index in [1.165, 1.54) is 17.1 Å². The normalized spacial score (nSPS) is 21.8. The number of nitrogens with one attached hydrogen (secondary N) is 1.